The first-order valence-electron chi connectivity index (χ1n) is 15.7. The minimum atomic E-state index is -1.36. The van der Waals surface area contributed by atoms with Crippen molar-refractivity contribution in [1.29, 1.82) is 0 Å². The van der Waals surface area contributed by atoms with Crippen molar-refractivity contribution in [2.24, 2.45) is 11.7 Å². The van der Waals surface area contributed by atoms with Gasteiger partial charge < -0.3 is 46.4 Å². The molecular formula is C34H52N4O8. The third-order valence-corrected chi connectivity index (χ3v) is 7.39. The van der Waals surface area contributed by atoms with Crippen molar-refractivity contribution in [3.63, 3.8) is 0 Å². The van der Waals surface area contributed by atoms with E-state index in [4.69, 9.17) is 10.5 Å². The summed E-state index contributed by atoms with van der Waals surface area (Å²) >= 11 is 0. The van der Waals surface area contributed by atoms with Crippen LogP contribution < -0.4 is 16.4 Å². The minimum Gasteiger partial charge on any atom is -0.444 e. The molecule has 3 amide bonds. The van der Waals surface area contributed by atoms with Crippen LogP contribution in [0.2, 0.25) is 0 Å². The highest BCUT2D eigenvalue weighted by Crippen LogP contribution is 2.22. The van der Waals surface area contributed by atoms with Crippen LogP contribution in [0.1, 0.15) is 52.2 Å². The van der Waals surface area contributed by atoms with Gasteiger partial charge in [0.1, 0.15) is 11.6 Å². The number of hydrogen-bond acceptors (Lipinski definition) is 9. The Labute approximate surface area is 271 Å². The molecule has 0 bridgehead atoms. The number of amides is 3. The fraction of sp³-hybridized carbons (Fsp3) is 0.559. The molecule has 0 aliphatic rings. The summed E-state index contributed by atoms with van der Waals surface area (Å²) in [6.45, 7) is 7.87. The summed E-state index contributed by atoms with van der Waals surface area (Å²) in [6.07, 6.45) is -4.41. The van der Waals surface area contributed by atoms with E-state index in [0.29, 0.717) is 6.42 Å². The zero-order valence-electron chi connectivity index (χ0n) is 27.5. The fourth-order valence-electron chi connectivity index (χ4n) is 5.25. The Bertz CT molecular complexity index is 1210. The van der Waals surface area contributed by atoms with E-state index in [2.05, 4.69) is 10.6 Å². The third kappa shape index (κ3) is 13.1. The number of benzene rings is 2. The van der Waals surface area contributed by atoms with Crippen LogP contribution >= 0.6 is 0 Å². The summed E-state index contributed by atoms with van der Waals surface area (Å²) in [5, 5.41) is 48.0. The largest absolute Gasteiger partial charge is 0.444 e. The number of carbonyl (C=O) groups excluding carboxylic acids is 3. The standard InChI is InChI=1S/C34H52N4O8/c1-22(2)31(32(35)44)38(30(43)18-25(40)21-39)27(17-24-14-10-7-11-15-24)29(42)20-36-19-28(41)26(16-23-12-8-6-9-13-23)37-33(45)46-34(3,4)5/h6-15,22,25-29,31,36,39-42H,16-21H2,1-5H3,(H2,35,44)(H,37,45)/t25-,26?,27-,28?,29?,31+/m1/s1. The molecule has 0 fully saturated rings. The van der Waals surface area contributed by atoms with Gasteiger partial charge in [-0.3, -0.25) is 9.59 Å². The van der Waals surface area contributed by atoms with Gasteiger partial charge in [-0.15, -0.1) is 0 Å². The number of ether oxygens (including phenoxy) is 1. The molecule has 0 aromatic heterocycles. The second kappa shape index (κ2) is 18.6. The molecule has 2 rings (SSSR count). The van der Waals surface area contributed by atoms with Crippen LogP contribution in [-0.2, 0) is 27.2 Å². The van der Waals surface area contributed by atoms with E-state index in [1.807, 2.05) is 60.7 Å². The number of nitrogens with two attached hydrogens (primary N) is 1. The summed E-state index contributed by atoms with van der Waals surface area (Å²) in [5.74, 6) is -1.85. The number of nitrogens with one attached hydrogen (secondary N) is 2. The fourth-order valence-corrected chi connectivity index (χ4v) is 5.25. The van der Waals surface area contributed by atoms with E-state index in [1.165, 1.54) is 4.90 Å². The van der Waals surface area contributed by atoms with Crippen molar-refractivity contribution < 1.29 is 39.5 Å². The highest BCUT2D eigenvalue weighted by molar-refractivity contribution is 5.87. The first kappa shape index (κ1) is 38.6. The molecule has 0 radical (unpaired) electrons. The topological polar surface area (TPSA) is 195 Å². The van der Waals surface area contributed by atoms with Crippen molar-refractivity contribution in [1.82, 2.24) is 15.5 Å². The molecule has 2 aromatic rings. The summed E-state index contributed by atoms with van der Waals surface area (Å²) in [7, 11) is 0. The molecule has 0 spiro atoms. The minimum absolute atomic E-state index is 0.0387. The van der Waals surface area contributed by atoms with Gasteiger partial charge in [0.25, 0.3) is 0 Å². The number of primary amides is 1. The SMILES string of the molecule is CC(C)[C@@H](C(N)=O)N(C(=O)C[C@@H](O)CO)[C@H](Cc1ccccc1)C(O)CNCC(O)C(Cc1ccccc1)NC(=O)OC(C)(C)C. The normalized spacial score (nSPS) is 15.7. The molecule has 0 heterocycles. The lowest BCUT2D eigenvalue weighted by Gasteiger charge is -2.41. The third-order valence-electron chi connectivity index (χ3n) is 7.39. The lowest BCUT2D eigenvalue weighted by molar-refractivity contribution is -0.149. The summed E-state index contributed by atoms with van der Waals surface area (Å²) in [5.41, 5.74) is 6.69. The summed E-state index contributed by atoms with van der Waals surface area (Å²) < 4.78 is 5.40. The van der Waals surface area contributed by atoms with Crippen LogP contribution in [0.5, 0.6) is 0 Å². The molecule has 46 heavy (non-hydrogen) atoms. The quantitative estimate of drug-likeness (QED) is 0.125. The van der Waals surface area contributed by atoms with Gasteiger partial charge in [-0.25, -0.2) is 4.79 Å². The van der Waals surface area contributed by atoms with E-state index >= 15 is 0 Å². The summed E-state index contributed by atoms with van der Waals surface area (Å²) in [4.78, 5) is 40.1. The van der Waals surface area contributed by atoms with Gasteiger partial charge in [-0.1, -0.05) is 74.5 Å². The number of rotatable bonds is 18. The number of aliphatic hydroxyl groups is 4. The number of aliphatic hydroxyl groups excluding tert-OH is 4. The Balaban J connectivity index is 2.31. The molecule has 0 saturated heterocycles. The van der Waals surface area contributed by atoms with Crippen LogP contribution in [0.3, 0.4) is 0 Å². The number of hydrogen-bond donors (Lipinski definition) is 7. The van der Waals surface area contributed by atoms with Crippen molar-refractivity contribution >= 4 is 17.9 Å². The van der Waals surface area contributed by atoms with Crippen LogP contribution in [-0.4, -0.2) is 105 Å². The van der Waals surface area contributed by atoms with Gasteiger partial charge in [0.05, 0.1) is 43.4 Å². The van der Waals surface area contributed by atoms with Gasteiger partial charge in [-0.05, 0) is 50.7 Å². The molecule has 8 N–H and O–H groups in total. The van der Waals surface area contributed by atoms with Gasteiger partial charge in [-0.2, -0.15) is 0 Å². The Morgan fingerprint density at radius 3 is 1.87 bits per heavy atom. The van der Waals surface area contributed by atoms with Crippen molar-refractivity contribution in [3.05, 3.63) is 71.8 Å². The highest BCUT2D eigenvalue weighted by Gasteiger charge is 2.39. The van der Waals surface area contributed by atoms with E-state index in [-0.39, 0.29) is 19.5 Å². The Kier molecular flexibility index (Phi) is 15.6. The smallest absolute Gasteiger partial charge is 0.407 e. The molecule has 0 aliphatic heterocycles. The molecular weight excluding hydrogens is 592 g/mol. The van der Waals surface area contributed by atoms with Crippen molar-refractivity contribution in [2.45, 2.75) is 95.9 Å². The molecule has 12 nitrogen and oxygen atoms in total. The zero-order chi connectivity index (χ0) is 34.4. The predicted octanol–water partition coefficient (Wildman–Crippen LogP) is 1.13. The van der Waals surface area contributed by atoms with E-state index in [1.54, 1.807) is 34.6 Å². The van der Waals surface area contributed by atoms with Crippen molar-refractivity contribution in [3.8, 4) is 0 Å². The van der Waals surface area contributed by atoms with Crippen LogP contribution in [0.25, 0.3) is 0 Å². The number of nitrogens with zero attached hydrogens (tertiary/aromatic N) is 1. The van der Waals surface area contributed by atoms with Crippen LogP contribution in [0, 0.1) is 5.92 Å². The average molecular weight is 645 g/mol. The van der Waals surface area contributed by atoms with Gasteiger partial charge in [0.15, 0.2) is 0 Å². The molecule has 0 saturated carbocycles. The van der Waals surface area contributed by atoms with E-state index < -0.39 is 78.9 Å². The molecule has 12 heteroatoms. The van der Waals surface area contributed by atoms with Gasteiger partial charge in [0, 0.05) is 13.1 Å². The molecule has 6 atom stereocenters. The Morgan fingerprint density at radius 2 is 1.39 bits per heavy atom. The maximum absolute atomic E-state index is 13.6. The predicted molar refractivity (Wildman–Crippen MR) is 174 cm³/mol. The second-order valence-corrected chi connectivity index (χ2v) is 12.9. The number of carbonyl (C=O) groups is 3. The molecule has 3 unspecified atom stereocenters. The molecule has 0 aliphatic carbocycles. The first-order valence-corrected chi connectivity index (χ1v) is 15.7. The van der Waals surface area contributed by atoms with E-state index in [9.17, 15) is 34.8 Å². The van der Waals surface area contributed by atoms with Crippen LogP contribution in [0.15, 0.2) is 60.7 Å². The maximum Gasteiger partial charge on any atom is 0.407 e. The van der Waals surface area contributed by atoms with Gasteiger partial charge >= 0.3 is 6.09 Å². The van der Waals surface area contributed by atoms with Crippen molar-refractivity contribution in [2.75, 3.05) is 19.7 Å². The number of alkyl carbamates (subject to hydrolysis) is 1. The van der Waals surface area contributed by atoms with E-state index in [0.717, 1.165) is 11.1 Å². The Morgan fingerprint density at radius 1 is 0.870 bits per heavy atom. The lowest BCUT2D eigenvalue weighted by Crippen LogP contribution is -2.61. The molecule has 256 valence electrons. The van der Waals surface area contributed by atoms with Gasteiger partial charge in [0.2, 0.25) is 11.8 Å². The maximum atomic E-state index is 13.6. The van der Waals surface area contributed by atoms with Crippen LogP contribution in [0.4, 0.5) is 4.79 Å². The average Bonchev–Trinajstić information content (AvgIpc) is 2.97. The first-order chi connectivity index (χ1) is 21.6. The highest BCUT2D eigenvalue weighted by atomic mass is 16.6. The summed E-state index contributed by atoms with van der Waals surface area (Å²) in [6, 6.07) is 15.6. The second-order valence-electron chi connectivity index (χ2n) is 12.9. The molecule has 2 aromatic carbocycles. The monoisotopic (exact) mass is 644 g/mol. The lowest BCUT2D eigenvalue weighted by atomic mass is 9.92. The Hall–Kier alpha value is -3.55. The zero-order valence-corrected chi connectivity index (χ0v) is 27.5.